The van der Waals surface area contributed by atoms with Gasteiger partial charge >= 0.3 is 5.97 Å². The Hall–Kier alpha value is -1.78. The maximum absolute atomic E-state index is 13.9. The van der Waals surface area contributed by atoms with Gasteiger partial charge in [0.15, 0.2) is 17.3 Å². The minimum absolute atomic E-state index is 0.0878. The van der Waals surface area contributed by atoms with Crippen LogP contribution in [0, 0.1) is 5.82 Å². The first-order valence-electron chi connectivity index (χ1n) is 5.96. The second kappa shape index (κ2) is 3.86. The number of fused-ring (bicyclic) bond motifs is 1. The van der Waals surface area contributed by atoms with Crippen molar-refractivity contribution >= 4 is 5.97 Å². The van der Waals surface area contributed by atoms with Crippen LogP contribution < -0.4 is 9.47 Å². The van der Waals surface area contributed by atoms with E-state index in [1.54, 1.807) is 6.07 Å². The van der Waals surface area contributed by atoms with Crippen molar-refractivity contribution in [3.8, 4) is 11.5 Å². The molecule has 1 heterocycles. The van der Waals surface area contributed by atoms with Gasteiger partial charge < -0.3 is 14.6 Å². The van der Waals surface area contributed by atoms with Crippen molar-refractivity contribution < 1.29 is 23.8 Å². The van der Waals surface area contributed by atoms with Crippen molar-refractivity contribution in [2.24, 2.45) is 0 Å². The van der Waals surface area contributed by atoms with E-state index in [2.05, 4.69) is 0 Å². The van der Waals surface area contributed by atoms with Gasteiger partial charge in [0, 0.05) is 0 Å². The van der Waals surface area contributed by atoms with Gasteiger partial charge in [0.05, 0.1) is 5.41 Å². The maximum atomic E-state index is 13.9. The van der Waals surface area contributed by atoms with Crippen molar-refractivity contribution in [2.75, 3.05) is 13.2 Å². The quantitative estimate of drug-likeness (QED) is 0.875. The van der Waals surface area contributed by atoms with E-state index in [0.717, 1.165) is 6.42 Å². The van der Waals surface area contributed by atoms with Crippen LogP contribution >= 0.6 is 0 Å². The second-order valence-corrected chi connectivity index (χ2v) is 4.72. The Labute approximate surface area is 103 Å². The lowest BCUT2D eigenvalue weighted by Crippen LogP contribution is -2.42. The number of hydrogen-bond donors (Lipinski definition) is 1. The molecule has 1 N–H and O–H groups in total. The van der Waals surface area contributed by atoms with Crippen LogP contribution in [-0.4, -0.2) is 24.3 Å². The summed E-state index contributed by atoms with van der Waals surface area (Å²) >= 11 is 0. The standard InChI is InChI=1S/C13H13FO4/c14-9-6-8(13(12(15)16)2-1-3-13)7-10-11(9)18-5-4-17-10/h6-7H,1-5H2,(H,15,16). The van der Waals surface area contributed by atoms with E-state index < -0.39 is 17.2 Å². The molecule has 1 saturated carbocycles. The Balaban J connectivity index is 2.08. The van der Waals surface area contributed by atoms with Crippen LogP contribution in [0.1, 0.15) is 24.8 Å². The highest BCUT2D eigenvalue weighted by atomic mass is 19.1. The highest BCUT2D eigenvalue weighted by molar-refractivity contribution is 5.83. The Bertz CT molecular complexity index is 508. The summed E-state index contributed by atoms with van der Waals surface area (Å²) in [5.41, 5.74) is -0.473. The second-order valence-electron chi connectivity index (χ2n) is 4.72. The van der Waals surface area contributed by atoms with Crippen LogP contribution in [0.25, 0.3) is 0 Å². The van der Waals surface area contributed by atoms with E-state index in [9.17, 15) is 14.3 Å². The number of carboxylic acid groups (broad SMARTS) is 1. The zero-order valence-corrected chi connectivity index (χ0v) is 9.74. The number of rotatable bonds is 2. The van der Waals surface area contributed by atoms with Gasteiger partial charge in [0.1, 0.15) is 13.2 Å². The number of hydrogen-bond acceptors (Lipinski definition) is 3. The molecule has 1 aliphatic carbocycles. The Kier molecular flexibility index (Phi) is 2.43. The van der Waals surface area contributed by atoms with Crippen LogP contribution in [0.3, 0.4) is 0 Å². The number of halogens is 1. The summed E-state index contributed by atoms with van der Waals surface area (Å²) in [6.45, 7) is 0.670. The topological polar surface area (TPSA) is 55.8 Å². The van der Waals surface area contributed by atoms with Gasteiger partial charge in [0.25, 0.3) is 0 Å². The molecule has 3 rings (SSSR count). The van der Waals surface area contributed by atoms with E-state index >= 15 is 0 Å². The molecule has 0 saturated heterocycles. The fourth-order valence-electron chi connectivity index (χ4n) is 2.54. The molecule has 5 heteroatoms. The van der Waals surface area contributed by atoms with Gasteiger partial charge in [-0.1, -0.05) is 6.42 Å². The van der Waals surface area contributed by atoms with Crippen LogP contribution in [0.5, 0.6) is 11.5 Å². The van der Waals surface area contributed by atoms with Crippen LogP contribution in [0.15, 0.2) is 12.1 Å². The smallest absolute Gasteiger partial charge is 0.314 e. The van der Waals surface area contributed by atoms with E-state index in [1.165, 1.54) is 6.07 Å². The predicted molar refractivity (Wildman–Crippen MR) is 60.6 cm³/mol. The van der Waals surface area contributed by atoms with E-state index in [4.69, 9.17) is 9.47 Å². The highest BCUT2D eigenvalue weighted by Crippen LogP contribution is 2.47. The summed E-state index contributed by atoms with van der Waals surface area (Å²) in [4.78, 5) is 11.4. The number of ether oxygens (including phenoxy) is 2. The average molecular weight is 252 g/mol. The summed E-state index contributed by atoms with van der Waals surface area (Å²) < 4.78 is 24.4. The molecule has 1 aromatic rings. The van der Waals surface area contributed by atoms with Crippen LogP contribution in [-0.2, 0) is 10.2 Å². The lowest BCUT2D eigenvalue weighted by atomic mass is 9.64. The minimum Gasteiger partial charge on any atom is -0.486 e. The van der Waals surface area contributed by atoms with Crippen molar-refractivity contribution in [2.45, 2.75) is 24.7 Å². The molecule has 4 nitrogen and oxygen atoms in total. The van der Waals surface area contributed by atoms with Gasteiger partial charge in [-0.25, -0.2) is 4.39 Å². The third kappa shape index (κ3) is 1.46. The van der Waals surface area contributed by atoms with Crippen LogP contribution in [0.4, 0.5) is 4.39 Å². The van der Waals surface area contributed by atoms with Gasteiger partial charge in [0.2, 0.25) is 0 Å². The Morgan fingerprint density at radius 2 is 2.00 bits per heavy atom. The molecular formula is C13H13FO4. The molecule has 0 amide bonds. The fourth-order valence-corrected chi connectivity index (χ4v) is 2.54. The lowest BCUT2D eigenvalue weighted by Gasteiger charge is -2.38. The van der Waals surface area contributed by atoms with Crippen molar-refractivity contribution in [3.63, 3.8) is 0 Å². The number of carbonyl (C=O) groups is 1. The third-order valence-electron chi connectivity index (χ3n) is 3.77. The summed E-state index contributed by atoms with van der Waals surface area (Å²) in [6.07, 6.45) is 1.94. The van der Waals surface area contributed by atoms with Gasteiger partial charge in [-0.15, -0.1) is 0 Å². The molecule has 1 fully saturated rings. The summed E-state index contributed by atoms with van der Waals surface area (Å²) in [7, 11) is 0. The van der Waals surface area contributed by atoms with Crippen molar-refractivity contribution in [1.82, 2.24) is 0 Å². The van der Waals surface area contributed by atoms with Crippen LogP contribution in [0.2, 0.25) is 0 Å². The molecule has 96 valence electrons. The molecule has 0 atom stereocenters. The number of aliphatic carboxylic acids is 1. The van der Waals surface area contributed by atoms with Crippen molar-refractivity contribution in [3.05, 3.63) is 23.5 Å². The van der Waals surface area contributed by atoms with E-state index in [0.29, 0.717) is 37.4 Å². The van der Waals surface area contributed by atoms with E-state index in [-0.39, 0.29) is 5.75 Å². The lowest BCUT2D eigenvalue weighted by molar-refractivity contribution is -0.147. The Morgan fingerprint density at radius 3 is 2.61 bits per heavy atom. The molecule has 0 radical (unpaired) electrons. The molecule has 0 unspecified atom stereocenters. The third-order valence-corrected chi connectivity index (χ3v) is 3.77. The molecule has 1 aliphatic heterocycles. The first kappa shape index (κ1) is 11.3. The zero-order chi connectivity index (χ0) is 12.8. The average Bonchev–Trinajstić information content (AvgIpc) is 2.27. The Morgan fingerprint density at radius 1 is 1.28 bits per heavy atom. The summed E-state index contributed by atoms with van der Waals surface area (Å²) in [5.74, 6) is -1.05. The van der Waals surface area contributed by atoms with Gasteiger partial charge in [-0.3, -0.25) is 4.79 Å². The summed E-state index contributed by atoms with van der Waals surface area (Å²) in [5, 5.41) is 9.34. The van der Waals surface area contributed by atoms with Crippen molar-refractivity contribution in [1.29, 1.82) is 0 Å². The molecule has 1 aromatic carbocycles. The molecule has 0 bridgehead atoms. The highest BCUT2D eigenvalue weighted by Gasteiger charge is 2.46. The minimum atomic E-state index is -0.948. The molecule has 0 spiro atoms. The van der Waals surface area contributed by atoms with Gasteiger partial charge in [-0.2, -0.15) is 0 Å². The fraction of sp³-hybridized carbons (Fsp3) is 0.462. The first-order chi connectivity index (χ1) is 8.63. The predicted octanol–water partition coefficient (Wildman–Crippen LogP) is 2.10. The first-order valence-corrected chi connectivity index (χ1v) is 5.96. The molecule has 18 heavy (non-hydrogen) atoms. The van der Waals surface area contributed by atoms with E-state index in [1.807, 2.05) is 0 Å². The molecule has 0 aromatic heterocycles. The SMILES string of the molecule is O=C(O)C1(c2cc(F)c3c(c2)OCCO3)CCC1. The normalized spacial score (nSPS) is 20.1. The summed E-state index contributed by atoms with van der Waals surface area (Å²) in [6, 6.07) is 2.87. The number of carboxylic acids is 1. The maximum Gasteiger partial charge on any atom is 0.314 e. The number of benzene rings is 1. The van der Waals surface area contributed by atoms with Gasteiger partial charge in [-0.05, 0) is 30.5 Å². The molecule has 2 aliphatic rings. The largest absolute Gasteiger partial charge is 0.486 e. The molecular weight excluding hydrogens is 239 g/mol. The zero-order valence-electron chi connectivity index (χ0n) is 9.74. The monoisotopic (exact) mass is 252 g/mol.